The SMILES string of the molecule is Cc1ccc(C(C)NC(=O)NCCC(C)CCC(=O)O)s1. The molecule has 1 heterocycles. The molecule has 0 radical (unpaired) electrons. The van der Waals surface area contributed by atoms with Crippen LogP contribution in [0.2, 0.25) is 0 Å². The van der Waals surface area contributed by atoms with Crippen molar-refractivity contribution in [2.45, 2.75) is 46.1 Å². The number of amides is 2. The lowest BCUT2D eigenvalue weighted by Crippen LogP contribution is -2.37. The zero-order valence-electron chi connectivity index (χ0n) is 12.8. The standard InChI is InChI=1S/C15H24N2O3S/c1-10(4-7-14(18)19)8-9-16-15(20)17-12(3)13-6-5-11(2)21-13/h5-6,10,12H,4,7-9H2,1-3H3,(H,18,19)(H2,16,17,20). The summed E-state index contributed by atoms with van der Waals surface area (Å²) < 4.78 is 0. The van der Waals surface area contributed by atoms with Gasteiger partial charge in [-0.05, 0) is 44.7 Å². The molecule has 0 fully saturated rings. The first-order chi connectivity index (χ1) is 9.88. The van der Waals surface area contributed by atoms with Gasteiger partial charge in [0.25, 0.3) is 0 Å². The topological polar surface area (TPSA) is 78.4 Å². The van der Waals surface area contributed by atoms with Gasteiger partial charge in [0.05, 0.1) is 6.04 Å². The van der Waals surface area contributed by atoms with E-state index in [-0.39, 0.29) is 18.5 Å². The maximum atomic E-state index is 11.8. The summed E-state index contributed by atoms with van der Waals surface area (Å²) in [7, 11) is 0. The summed E-state index contributed by atoms with van der Waals surface area (Å²) >= 11 is 1.68. The molecule has 0 aromatic carbocycles. The summed E-state index contributed by atoms with van der Waals surface area (Å²) in [5.74, 6) is -0.480. The molecule has 5 nitrogen and oxygen atoms in total. The largest absolute Gasteiger partial charge is 0.481 e. The molecule has 0 aliphatic carbocycles. The second-order valence-corrected chi connectivity index (χ2v) is 6.72. The Balaban J connectivity index is 2.20. The van der Waals surface area contributed by atoms with Gasteiger partial charge in [0.1, 0.15) is 0 Å². The number of carboxylic acids is 1. The summed E-state index contributed by atoms with van der Waals surface area (Å²) in [4.78, 5) is 24.6. The molecular weight excluding hydrogens is 288 g/mol. The van der Waals surface area contributed by atoms with Gasteiger partial charge in [-0.2, -0.15) is 0 Å². The van der Waals surface area contributed by atoms with Crippen LogP contribution in [0.3, 0.4) is 0 Å². The van der Waals surface area contributed by atoms with Crippen molar-refractivity contribution in [2.24, 2.45) is 5.92 Å². The van der Waals surface area contributed by atoms with Crippen molar-refractivity contribution in [3.63, 3.8) is 0 Å². The van der Waals surface area contributed by atoms with Gasteiger partial charge in [-0.15, -0.1) is 11.3 Å². The molecule has 1 aromatic heterocycles. The summed E-state index contributed by atoms with van der Waals surface area (Å²) in [5.41, 5.74) is 0. The third-order valence-corrected chi connectivity index (χ3v) is 4.49. The number of carbonyl (C=O) groups excluding carboxylic acids is 1. The number of nitrogens with one attached hydrogen (secondary N) is 2. The predicted molar refractivity (Wildman–Crippen MR) is 84.7 cm³/mol. The molecule has 21 heavy (non-hydrogen) atoms. The number of carbonyl (C=O) groups is 2. The molecule has 0 bridgehead atoms. The second kappa shape index (κ2) is 8.67. The van der Waals surface area contributed by atoms with E-state index >= 15 is 0 Å². The number of hydrogen-bond acceptors (Lipinski definition) is 3. The quantitative estimate of drug-likeness (QED) is 0.689. The number of carboxylic acid groups (broad SMARTS) is 1. The predicted octanol–water partition coefficient (Wildman–Crippen LogP) is 3.31. The molecule has 0 saturated heterocycles. The third-order valence-electron chi connectivity index (χ3n) is 3.31. The van der Waals surface area contributed by atoms with E-state index in [9.17, 15) is 9.59 Å². The lowest BCUT2D eigenvalue weighted by atomic mass is 10.0. The second-order valence-electron chi connectivity index (χ2n) is 5.40. The number of aryl methyl sites for hydroxylation is 1. The maximum absolute atomic E-state index is 11.8. The van der Waals surface area contributed by atoms with E-state index in [0.29, 0.717) is 18.9 Å². The number of aliphatic carboxylic acids is 1. The first-order valence-electron chi connectivity index (χ1n) is 7.21. The summed E-state index contributed by atoms with van der Waals surface area (Å²) in [6, 6.07) is 3.88. The summed E-state index contributed by atoms with van der Waals surface area (Å²) in [6.45, 7) is 6.56. The first kappa shape index (κ1) is 17.5. The van der Waals surface area contributed by atoms with Gasteiger partial charge in [0, 0.05) is 22.7 Å². The van der Waals surface area contributed by atoms with Crippen LogP contribution >= 0.6 is 11.3 Å². The van der Waals surface area contributed by atoms with Gasteiger partial charge in [0.15, 0.2) is 0 Å². The van der Waals surface area contributed by atoms with Crippen molar-refractivity contribution in [2.75, 3.05) is 6.54 Å². The minimum atomic E-state index is -0.771. The molecule has 1 aromatic rings. The Labute approximate surface area is 129 Å². The van der Waals surface area contributed by atoms with Crippen molar-refractivity contribution >= 4 is 23.3 Å². The van der Waals surface area contributed by atoms with Crippen LogP contribution in [-0.2, 0) is 4.79 Å². The minimum absolute atomic E-state index is 0.00636. The van der Waals surface area contributed by atoms with Crippen molar-refractivity contribution in [1.29, 1.82) is 0 Å². The van der Waals surface area contributed by atoms with Gasteiger partial charge in [-0.1, -0.05) is 6.92 Å². The monoisotopic (exact) mass is 312 g/mol. The molecule has 2 amide bonds. The van der Waals surface area contributed by atoms with Crippen molar-refractivity contribution in [3.05, 3.63) is 21.9 Å². The van der Waals surface area contributed by atoms with Crippen molar-refractivity contribution in [1.82, 2.24) is 10.6 Å². The Morgan fingerprint density at radius 1 is 1.29 bits per heavy atom. The summed E-state index contributed by atoms with van der Waals surface area (Å²) in [6.07, 6.45) is 1.61. The highest BCUT2D eigenvalue weighted by Gasteiger charge is 2.11. The summed E-state index contributed by atoms with van der Waals surface area (Å²) in [5, 5.41) is 14.3. The highest BCUT2D eigenvalue weighted by Crippen LogP contribution is 2.22. The lowest BCUT2D eigenvalue weighted by molar-refractivity contribution is -0.137. The molecular formula is C15H24N2O3S. The highest BCUT2D eigenvalue weighted by molar-refractivity contribution is 7.12. The Bertz CT molecular complexity index is 473. The van der Waals surface area contributed by atoms with Gasteiger partial charge in [0.2, 0.25) is 0 Å². The Morgan fingerprint density at radius 3 is 2.57 bits per heavy atom. The van der Waals surface area contributed by atoms with Crippen LogP contribution in [0, 0.1) is 12.8 Å². The Hall–Kier alpha value is -1.56. The van der Waals surface area contributed by atoms with Crippen LogP contribution in [-0.4, -0.2) is 23.7 Å². The fourth-order valence-corrected chi connectivity index (χ4v) is 2.83. The third kappa shape index (κ3) is 7.13. The van der Waals surface area contributed by atoms with Crippen molar-refractivity contribution < 1.29 is 14.7 Å². The van der Waals surface area contributed by atoms with Crippen LogP contribution in [0.15, 0.2) is 12.1 Å². The first-order valence-corrected chi connectivity index (χ1v) is 8.02. The molecule has 1 rings (SSSR count). The van der Waals surface area contributed by atoms with Crippen LogP contribution < -0.4 is 10.6 Å². The fraction of sp³-hybridized carbons (Fsp3) is 0.600. The van der Waals surface area contributed by atoms with E-state index in [1.807, 2.05) is 32.9 Å². The van der Waals surface area contributed by atoms with E-state index in [1.54, 1.807) is 11.3 Å². The molecule has 2 atom stereocenters. The zero-order chi connectivity index (χ0) is 15.8. The average molecular weight is 312 g/mol. The van der Waals surface area contributed by atoms with Gasteiger partial charge in [-0.25, -0.2) is 4.79 Å². The molecule has 6 heteroatoms. The highest BCUT2D eigenvalue weighted by atomic mass is 32.1. The molecule has 118 valence electrons. The van der Waals surface area contributed by atoms with Crippen molar-refractivity contribution in [3.8, 4) is 0 Å². The normalized spacial score (nSPS) is 13.5. The van der Waals surface area contributed by atoms with Gasteiger partial charge < -0.3 is 15.7 Å². The van der Waals surface area contributed by atoms with Gasteiger partial charge in [-0.3, -0.25) is 4.79 Å². The van der Waals surface area contributed by atoms with Crippen LogP contribution in [0.1, 0.15) is 48.9 Å². The van der Waals surface area contributed by atoms with E-state index in [4.69, 9.17) is 5.11 Å². The van der Waals surface area contributed by atoms with Crippen LogP contribution in [0.4, 0.5) is 4.79 Å². The number of rotatable bonds is 8. The molecule has 3 N–H and O–H groups in total. The molecule has 2 unspecified atom stereocenters. The molecule has 0 aliphatic rings. The van der Waals surface area contributed by atoms with E-state index in [1.165, 1.54) is 4.88 Å². The molecule has 0 aliphatic heterocycles. The average Bonchev–Trinajstić information content (AvgIpc) is 2.83. The fourth-order valence-electron chi connectivity index (χ4n) is 1.95. The number of thiophene rings is 1. The van der Waals surface area contributed by atoms with Crippen LogP contribution in [0.5, 0.6) is 0 Å². The molecule has 0 saturated carbocycles. The number of urea groups is 1. The zero-order valence-corrected chi connectivity index (χ0v) is 13.6. The number of hydrogen-bond donors (Lipinski definition) is 3. The van der Waals surface area contributed by atoms with E-state index < -0.39 is 5.97 Å². The minimum Gasteiger partial charge on any atom is -0.481 e. The molecule has 0 spiro atoms. The Kier molecular flexibility index (Phi) is 7.22. The van der Waals surface area contributed by atoms with Gasteiger partial charge >= 0.3 is 12.0 Å². The van der Waals surface area contributed by atoms with E-state index in [0.717, 1.165) is 11.3 Å². The lowest BCUT2D eigenvalue weighted by Gasteiger charge is -2.14. The van der Waals surface area contributed by atoms with E-state index in [2.05, 4.69) is 10.6 Å². The maximum Gasteiger partial charge on any atom is 0.315 e. The Morgan fingerprint density at radius 2 is 2.00 bits per heavy atom. The van der Waals surface area contributed by atoms with Crippen LogP contribution in [0.25, 0.3) is 0 Å². The smallest absolute Gasteiger partial charge is 0.315 e.